The van der Waals surface area contributed by atoms with E-state index in [-0.39, 0.29) is 41.6 Å². The molecule has 0 spiro atoms. The third-order valence-corrected chi connectivity index (χ3v) is 7.64. The molecule has 1 aromatic heterocycles. The number of imidazole rings is 1. The maximum absolute atomic E-state index is 15.6. The molecule has 194 valence electrons. The molecule has 12 heteroatoms. The van der Waals surface area contributed by atoms with Crippen LogP contribution in [0, 0.1) is 17.7 Å². The number of benzene rings is 1. The molecule has 0 fully saturated rings. The van der Waals surface area contributed by atoms with E-state index < -0.39 is 69.6 Å². The van der Waals surface area contributed by atoms with Gasteiger partial charge in [-0.15, -0.1) is 0 Å². The Morgan fingerprint density at radius 1 is 1.30 bits per heavy atom. The summed E-state index contributed by atoms with van der Waals surface area (Å²) >= 11 is 0. The van der Waals surface area contributed by atoms with Crippen molar-refractivity contribution in [3.63, 3.8) is 0 Å². The topological polar surface area (TPSA) is 179 Å². The zero-order valence-corrected chi connectivity index (χ0v) is 20.0. The van der Waals surface area contributed by atoms with Crippen LogP contribution in [-0.2, 0) is 22.6 Å². The van der Waals surface area contributed by atoms with Crippen LogP contribution in [0.25, 0.3) is 0 Å². The average molecular weight is 512 g/mol. The first kappa shape index (κ1) is 24.7. The van der Waals surface area contributed by atoms with Crippen molar-refractivity contribution in [2.75, 3.05) is 14.1 Å². The molecule has 1 heterocycles. The number of primary amides is 1. The SMILES string of the molecule is CN(C)[C@@H]1C(O)=C(C(N)=O)C(=O)[C@@]2(O)C(O)=C3C(=O)c4c(O)cc(Cn5ccnc5)c(F)c4C[C@H]3C[C@@H]12. The van der Waals surface area contributed by atoms with E-state index in [1.165, 1.54) is 31.5 Å². The van der Waals surface area contributed by atoms with E-state index in [1.807, 2.05) is 0 Å². The van der Waals surface area contributed by atoms with Crippen LogP contribution in [0.4, 0.5) is 4.39 Å². The zero-order valence-electron chi connectivity index (χ0n) is 20.0. The quantitative estimate of drug-likeness (QED) is 0.365. The number of phenols is 1. The third kappa shape index (κ3) is 3.32. The van der Waals surface area contributed by atoms with Crippen molar-refractivity contribution in [2.24, 2.45) is 17.6 Å². The standard InChI is InChI=1S/C25H25FN4O7/c1-29(2)19-13-6-10-5-12-16(14(31)7-11(18(12)26)8-30-4-3-28-9-30)20(32)15(10)22(34)25(13,37)23(35)17(21(19)33)24(27)36/h3-4,7,9-10,13,19,31,33-34,37H,5-6,8H2,1-2H3,(H2,27,36)/t10-,13-,19-,25-/m0/s1. The number of fused-ring (bicyclic) bond motifs is 3. The summed E-state index contributed by atoms with van der Waals surface area (Å²) in [5, 5.41) is 44.3. The number of nitrogens with zero attached hydrogens (tertiary/aromatic N) is 3. The number of likely N-dealkylation sites (N-methyl/N-ethyl adjacent to an activating group) is 1. The fourth-order valence-corrected chi connectivity index (χ4v) is 6.05. The molecule has 0 unspecified atom stereocenters. The number of hydrogen-bond donors (Lipinski definition) is 5. The maximum Gasteiger partial charge on any atom is 0.255 e. The Balaban J connectivity index is 1.67. The fraction of sp³-hybridized carbons (Fsp3) is 0.360. The minimum absolute atomic E-state index is 0.0479. The molecule has 0 saturated heterocycles. The Kier molecular flexibility index (Phi) is 5.50. The van der Waals surface area contributed by atoms with Gasteiger partial charge >= 0.3 is 0 Å². The molecular weight excluding hydrogens is 487 g/mol. The van der Waals surface area contributed by atoms with E-state index in [4.69, 9.17) is 5.73 Å². The highest BCUT2D eigenvalue weighted by Crippen LogP contribution is 2.52. The van der Waals surface area contributed by atoms with Crippen LogP contribution in [-0.4, -0.2) is 78.1 Å². The van der Waals surface area contributed by atoms with Gasteiger partial charge in [0.05, 0.1) is 24.5 Å². The number of nitrogens with two attached hydrogens (primary N) is 1. The first-order valence-electron chi connectivity index (χ1n) is 11.5. The van der Waals surface area contributed by atoms with Crippen molar-refractivity contribution in [3.8, 4) is 5.75 Å². The molecule has 1 amide bonds. The van der Waals surface area contributed by atoms with Crippen molar-refractivity contribution in [2.45, 2.75) is 31.0 Å². The maximum atomic E-state index is 15.6. The predicted octanol–water partition coefficient (Wildman–Crippen LogP) is 0.505. The molecule has 6 N–H and O–H groups in total. The number of carbonyl (C=O) groups excluding carboxylic acids is 3. The smallest absolute Gasteiger partial charge is 0.255 e. The van der Waals surface area contributed by atoms with Gasteiger partial charge in [0.2, 0.25) is 5.78 Å². The Morgan fingerprint density at radius 2 is 2.00 bits per heavy atom. The second-order valence-electron chi connectivity index (χ2n) is 9.92. The van der Waals surface area contributed by atoms with Gasteiger partial charge in [0.15, 0.2) is 11.4 Å². The number of ketones is 2. The predicted molar refractivity (Wildman–Crippen MR) is 125 cm³/mol. The highest BCUT2D eigenvalue weighted by atomic mass is 19.1. The minimum Gasteiger partial charge on any atom is -0.510 e. The number of aromatic hydroxyl groups is 1. The summed E-state index contributed by atoms with van der Waals surface area (Å²) in [7, 11) is 3.07. The number of rotatable bonds is 4. The van der Waals surface area contributed by atoms with Gasteiger partial charge in [0.25, 0.3) is 5.91 Å². The first-order valence-corrected chi connectivity index (χ1v) is 11.5. The van der Waals surface area contributed by atoms with Crippen LogP contribution in [0.5, 0.6) is 5.75 Å². The van der Waals surface area contributed by atoms with E-state index in [1.54, 1.807) is 10.8 Å². The number of carbonyl (C=O) groups is 3. The molecule has 0 aliphatic heterocycles. The van der Waals surface area contributed by atoms with Gasteiger partial charge in [-0.3, -0.25) is 19.3 Å². The summed E-state index contributed by atoms with van der Waals surface area (Å²) in [6.07, 6.45) is 4.37. The lowest BCUT2D eigenvalue weighted by atomic mass is 9.58. The second-order valence-corrected chi connectivity index (χ2v) is 9.92. The number of aromatic nitrogens is 2. The van der Waals surface area contributed by atoms with Crippen LogP contribution in [0.1, 0.15) is 27.9 Å². The van der Waals surface area contributed by atoms with Crippen molar-refractivity contribution in [1.29, 1.82) is 0 Å². The van der Waals surface area contributed by atoms with Crippen LogP contribution >= 0.6 is 0 Å². The Bertz CT molecular complexity index is 1430. The molecule has 37 heavy (non-hydrogen) atoms. The van der Waals surface area contributed by atoms with Crippen molar-refractivity contribution in [1.82, 2.24) is 14.5 Å². The van der Waals surface area contributed by atoms with Gasteiger partial charge in [-0.25, -0.2) is 9.37 Å². The van der Waals surface area contributed by atoms with Gasteiger partial charge in [-0.05, 0) is 38.9 Å². The highest BCUT2D eigenvalue weighted by Gasteiger charge is 2.63. The number of hydrogen-bond acceptors (Lipinski definition) is 9. The first-order chi connectivity index (χ1) is 17.4. The highest BCUT2D eigenvalue weighted by molar-refractivity contribution is 6.24. The molecule has 5 rings (SSSR count). The lowest BCUT2D eigenvalue weighted by molar-refractivity contribution is -0.148. The summed E-state index contributed by atoms with van der Waals surface area (Å²) in [4.78, 5) is 44.2. The van der Waals surface area contributed by atoms with E-state index in [0.717, 1.165) is 6.07 Å². The zero-order chi connectivity index (χ0) is 27.0. The molecule has 4 atom stereocenters. The largest absolute Gasteiger partial charge is 0.510 e. The Hall–Kier alpha value is -4.03. The second kappa shape index (κ2) is 8.25. The lowest BCUT2D eigenvalue weighted by Gasteiger charge is -2.50. The third-order valence-electron chi connectivity index (χ3n) is 7.64. The van der Waals surface area contributed by atoms with E-state index >= 15 is 4.39 Å². The monoisotopic (exact) mass is 512 g/mol. The summed E-state index contributed by atoms with van der Waals surface area (Å²) in [5.74, 6) is -8.45. The average Bonchev–Trinajstić information content (AvgIpc) is 3.32. The number of amides is 1. The van der Waals surface area contributed by atoms with E-state index in [9.17, 15) is 34.8 Å². The van der Waals surface area contributed by atoms with Gasteiger partial charge in [-0.2, -0.15) is 0 Å². The van der Waals surface area contributed by atoms with Crippen molar-refractivity contribution < 1.29 is 39.2 Å². The van der Waals surface area contributed by atoms with Gasteiger partial charge < -0.3 is 30.7 Å². The van der Waals surface area contributed by atoms with Crippen LogP contribution in [0.2, 0.25) is 0 Å². The fourth-order valence-electron chi connectivity index (χ4n) is 6.05. The summed E-state index contributed by atoms with van der Waals surface area (Å²) in [6.45, 7) is 0.0492. The number of phenolic OH excluding ortho intramolecular Hbond substituents is 1. The van der Waals surface area contributed by atoms with Crippen molar-refractivity contribution >= 4 is 17.5 Å². The van der Waals surface area contributed by atoms with Gasteiger partial charge in [0.1, 0.15) is 28.7 Å². The number of aliphatic hydroxyl groups excluding tert-OH is 2. The lowest BCUT2D eigenvalue weighted by Crippen LogP contribution is -2.63. The number of aliphatic hydroxyl groups is 3. The molecule has 2 aromatic rings. The minimum atomic E-state index is -2.74. The summed E-state index contributed by atoms with van der Waals surface area (Å²) in [5.41, 5.74) is 1.06. The van der Waals surface area contributed by atoms with Crippen molar-refractivity contribution in [3.05, 3.63) is 70.0 Å². The molecule has 11 nitrogen and oxygen atoms in total. The summed E-state index contributed by atoms with van der Waals surface area (Å²) < 4.78 is 17.2. The molecule has 1 aromatic carbocycles. The van der Waals surface area contributed by atoms with Crippen LogP contribution in [0.3, 0.4) is 0 Å². The molecule has 0 bridgehead atoms. The van der Waals surface area contributed by atoms with Gasteiger partial charge in [-0.1, -0.05) is 0 Å². The summed E-state index contributed by atoms with van der Waals surface area (Å²) in [6, 6.07) is 0.000622. The van der Waals surface area contributed by atoms with Crippen LogP contribution in [0.15, 0.2) is 47.5 Å². The Labute approximate surface area is 209 Å². The Morgan fingerprint density at radius 3 is 2.59 bits per heavy atom. The van der Waals surface area contributed by atoms with E-state index in [0.29, 0.717) is 0 Å². The number of allylic oxidation sites excluding steroid dienone is 1. The molecular formula is C25H25FN4O7. The van der Waals surface area contributed by atoms with Gasteiger partial charge in [0, 0.05) is 35.0 Å². The molecule has 3 aliphatic carbocycles. The number of Topliss-reactive ketones (excluding diaryl/α,β-unsaturated/α-hetero) is 2. The van der Waals surface area contributed by atoms with Crippen LogP contribution < -0.4 is 5.73 Å². The molecule has 0 saturated carbocycles. The van der Waals surface area contributed by atoms with E-state index in [2.05, 4.69) is 4.98 Å². The number of halogens is 1. The molecule has 3 aliphatic rings. The molecule has 0 radical (unpaired) electrons. The normalized spacial score (nSPS) is 27.3.